The maximum Gasteiger partial charge on any atom is 0.346 e. The molecule has 27 heavy (non-hydrogen) atoms. The molecule has 0 saturated carbocycles. The molecule has 1 atom stereocenters. The first kappa shape index (κ1) is 17.0. The summed E-state index contributed by atoms with van der Waals surface area (Å²) in [6.45, 7) is 1.76. The van der Waals surface area contributed by atoms with Crippen LogP contribution in [0.1, 0.15) is 22.8 Å². The lowest BCUT2D eigenvalue weighted by atomic mass is 10.1. The maximum atomic E-state index is 12.6. The van der Waals surface area contributed by atoms with Crippen LogP contribution in [0.5, 0.6) is 23.0 Å². The highest BCUT2D eigenvalue weighted by Gasteiger charge is 2.28. The number of allylic oxidation sites excluding steroid dienone is 1. The van der Waals surface area contributed by atoms with Gasteiger partial charge in [-0.05, 0) is 42.8 Å². The van der Waals surface area contributed by atoms with Crippen molar-refractivity contribution in [1.29, 1.82) is 0 Å². The van der Waals surface area contributed by atoms with Crippen molar-refractivity contribution >= 4 is 17.8 Å². The van der Waals surface area contributed by atoms with Gasteiger partial charge >= 0.3 is 5.97 Å². The number of esters is 1. The number of fused-ring (bicyclic) bond motifs is 2. The first-order chi connectivity index (χ1) is 13.0. The van der Waals surface area contributed by atoms with Gasteiger partial charge in [0.2, 0.25) is 12.6 Å². The van der Waals surface area contributed by atoms with Gasteiger partial charge in [0.25, 0.3) is 0 Å². The SMILES string of the molecule is COC(=O)[C@H](C)Oc1ccc2c(c1)O/C(=C\c1ccc3c(c1)OCO3)C2=O. The monoisotopic (exact) mass is 368 g/mol. The van der Waals surface area contributed by atoms with Gasteiger partial charge in [0.05, 0.1) is 12.7 Å². The van der Waals surface area contributed by atoms with Crippen molar-refractivity contribution in [1.82, 2.24) is 0 Å². The highest BCUT2D eigenvalue weighted by atomic mass is 16.7. The summed E-state index contributed by atoms with van der Waals surface area (Å²) in [6, 6.07) is 10.2. The fourth-order valence-corrected chi connectivity index (χ4v) is 2.81. The van der Waals surface area contributed by atoms with Gasteiger partial charge in [0.15, 0.2) is 23.4 Å². The molecule has 7 heteroatoms. The van der Waals surface area contributed by atoms with Crippen LogP contribution in [0.25, 0.3) is 6.08 Å². The van der Waals surface area contributed by atoms with Gasteiger partial charge in [-0.25, -0.2) is 4.79 Å². The Labute approximate surface area is 155 Å². The van der Waals surface area contributed by atoms with Gasteiger partial charge in [-0.2, -0.15) is 0 Å². The number of Topliss-reactive ketones (excluding diaryl/α,β-unsaturated/α-hetero) is 1. The number of ether oxygens (including phenoxy) is 5. The van der Waals surface area contributed by atoms with Crippen molar-refractivity contribution in [2.24, 2.45) is 0 Å². The van der Waals surface area contributed by atoms with Crippen LogP contribution in [0.15, 0.2) is 42.2 Å². The summed E-state index contributed by atoms with van der Waals surface area (Å²) in [7, 11) is 1.29. The Morgan fingerprint density at radius 3 is 2.74 bits per heavy atom. The van der Waals surface area contributed by atoms with E-state index in [0.29, 0.717) is 28.6 Å². The van der Waals surface area contributed by atoms with E-state index in [1.165, 1.54) is 7.11 Å². The first-order valence-corrected chi connectivity index (χ1v) is 8.27. The van der Waals surface area contributed by atoms with E-state index in [0.717, 1.165) is 5.56 Å². The molecule has 7 nitrogen and oxygen atoms in total. The molecule has 2 aromatic rings. The number of hydrogen-bond acceptors (Lipinski definition) is 7. The minimum atomic E-state index is -0.770. The van der Waals surface area contributed by atoms with E-state index >= 15 is 0 Å². The highest BCUT2D eigenvalue weighted by Crippen LogP contribution is 2.37. The Balaban J connectivity index is 1.56. The van der Waals surface area contributed by atoms with Crippen molar-refractivity contribution in [3.63, 3.8) is 0 Å². The van der Waals surface area contributed by atoms with Crippen LogP contribution >= 0.6 is 0 Å². The quantitative estimate of drug-likeness (QED) is 0.606. The lowest BCUT2D eigenvalue weighted by Gasteiger charge is -2.12. The molecule has 0 fully saturated rings. The Morgan fingerprint density at radius 1 is 1.11 bits per heavy atom. The fraction of sp³-hybridized carbons (Fsp3) is 0.200. The lowest BCUT2D eigenvalue weighted by molar-refractivity contribution is -0.147. The molecule has 2 aliphatic rings. The van der Waals surface area contributed by atoms with E-state index in [1.54, 1.807) is 43.3 Å². The molecule has 0 amide bonds. The second kappa shape index (κ2) is 6.68. The first-order valence-electron chi connectivity index (χ1n) is 8.27. The molecular formula is C20H16O7. The minimum absolute atomic E-state index is 0.184. The van der Waals surface area contributed by atoms with Crippen LogP contribution in [0.3, 0.4) is 0 Å². The molecule has 0 aliphatic carbocycles. The van der Waals surface area contributed by atoms with E-state index in [4.69, 9.17) is 18.9 Å². The zero-order valence-electron chi connectivity index (χ0n) is 14.7. The third kappa shape index (κ3) is 3.19. The second-order valence-corrected chi connectivity index (χ2v) is 5.99. The molecule has 2 aliphatic heterocycles. The van der Waals surface area contributed by atoms with Gasteiger partial charge in [0, 0.05) is 6.07 Å². The van der Waals surface area contributed by atoms with Gasteiger partial charge in [-0.15, -0.1) is 0 Å². The summed E-state index contributed by atoms with van der Waals surface area (Å²) in [5.74, 6) is 1.55. The molecule has 138 valence electrons. The molecule has 0 saturated heterocycles. The Bertz CT molecular complexity index is 961. The molecule has 4 rings (SSSR count). The Kier molecular flexibility index (Phi) is 4.19. The summed E-state index contributed by atoms with van der Waals surface area (Å²) < 4.78 is 26.5. The molecule has 2 heterocycles. The third-order valence-electron chi connectivity index (χ3n) is 4.18. The Morgan fingerprint density at radius 2 is 1.93 bits per heavy atom. The Hall–Kier alpha value is -3.48. The van der Waals surface area contributed by atoms with Crippen molar-refractivity contribution in [3.8, 4) is 23.0 Å². The summed E-state index contributed by atoms with van der Waals surface area (Å²) >= 11 is 0. The van der Waals surface area contributed by atoms with Crippen molar-refractivity contribution in [2.45, 2.75) is 13.0 Å². The zero-order valence-corrected chi connectivity index (χ0v) is 14.7. The number of rotatable bonds is 4. The number of ketones is 1. The lowest BCUT2D eigenvalue weighted by Crippen LogP contribution is -2.24. The second-order valence-electron chi connectivity index (χ2n) is 5.99. The maximum absolute atomic E-state index is 12.6. The summed E-state index contributed by atoms with van der Waals surface area (Å²) in [6.07, 6.45) is 0.871. The number of benzene rings is 2. The topological polar surface area (TPSA) is 80.3 Å². The van der Waals surface area contributed by atoms with Crippen LogP contribution in [0, 0.1) is 0 Å². The number of carbonyl (C=O) groups is 2. The van der Waals surface area contributed by atoms with E-state index in [2.05, 4.69) is 4.74 Å². The summed E-state index contributed by atoms with van der Waals surface area (Å²) in [4.78, 5) is 24.0. The summed E-state index contributed by atoms with van der Waals surface area (Å²) in [5.41, 5.74) is 1.19. The molecule has 2 aromatic carbocycles. The highest BCUT2D eigenvalue weighted by molar-refractivity contribution is 6.14. The van der Waals surface area contributed by atoms with E-state index in [9.17, 15) is 9.59 Å². The van der Waals surface area contributed by atoms with Gasteiger partial charge in [-0.3, -0.25) is 4.79 Å². The fourth-order valence-electron chi connectivity index (χ4n) is 2.81. The number of carbonyl (C=O) groups excluding carboxylic acids is 2. The van der Waals surface area contributed by atoms with E-state index in [1.807, 2.05) is 6.07 Å². The standard InChI is InChI=1S/C20H16O7/c1-11(20(22)23-2)26-13-4-5-14-16(9-13)27-18(19(14)21)8-12-3-6-15-17(7-12)25-10-24-15/h3-9,11H,10H2,1-2H3/b18-8-/t11-/m0/s1. The van der Waals surface area contributed by atoms with Gasteiger partial charge in [-0.1, -0.05) is 6.07 Å². The molecule has 0 aromatic heterocycles. The minimum Gasteiger partial charge on any atom is -0.479 e. The van der Waals surface area contributed by atoms with Crippen molar-refractivity contribution in [3.05, 3.63) is 53.3 Å². The molecule has 0 spiro atoms. The van der Waals surface area contributed by atoms with Crippen LogP contribution in [0.4, 0.5) is 0 Å². The normalized spacial score (nSPS) is 16.7. The molecule has 0 unspecified atom stereocenters. The van der Waals surface area contributed by atoms with Gasteiger partial charge in [0.1, 0.15) is 11.5 Å². The average molecular weight is 368 g/mol. The van der Waals surface area contributed by atoms with Crippen LogP contribution < -0.4 is 18.9 Å². The van der Waals surface area contributed by atoms with Crippen LogP contribution in [-0.2, 0) is 9.53 Å². The van der Waals surface area contributed by atoms with E-state index in [-0.39, 0.29) is 18.3 Å². The van der Waals surface area contributed by atoms with Crippen molar-refractivity contribution < 1.29 is 33.3 Å². The zero-order chi connectivity index (χ0) is 19.0. The predicted octanol–water partition coefficient (Wildman–Crippen LogP) is 2.97. The summed E-state index contributed by atoms with van der Waals surface area (Å²) in [5, 5.41) is 0. The van der Waals surface area contributed by atoms with E-state index < -0.39 is 12.1 Å². The predicted molar refractivity (Wildman–Crippen MR) is 94.0 cm³/mol. The molecule has 0 N–H and O–H groups in total. The molecular weight excluding hydrogens is 352 g/mol. The molecule has 0 radical (unpaired) electrons. The van der Waals surface area contributed by atoms with Crippen LogP contribution in [-0.4, -0.2) is 31.8 Å². The van der Waals surface area contributed by atoms with Gasteiger partial charge < -0.3 is 23.7 Å². The third-order valence-corrected chi connectivity index (χ3v) is 4.18. The number of methoxy groups -OCH3 is 1. The smallest absolute Gasteiger partial charge is 0.346 e. The average Bonchev–Trinajstić information content (AvgIpc) is 3.25. The molecule has 0 bridgehead atoms. The number of hydrogen-bond donors (Lipinski definition) is 0. The van der Waals surface area contributed by atoms with Crippen molar-refractivity contribution in [2.75, 3.05) is 13.9 Å². The van der Waals surface area contributed by atoms with Crippen LogP contribution in [0.2, 0.25) is 0 Å². The largest absolute Gasteiger partial charge is 0.479 e.